The maximum atomic E-state index is 5.67. The fourth-order valence-corrected chi connectivity index (χ4v) is 1.25. The van der Waals surface area contributed by atoms with Gasteiger partial charge in [-0.15, -0.1) is 0 Å². The lowest BCUT2D eigenvalue weighted by atomic mass is 10.1. The van der Waals surface area contributed by atoms with Crippen molar-refractivity contribution in [2.45, 2.75) is 19.8 Å². The van der Waals surface area contributed by atoms with Crippen LogP contribution in [-0.2, 0) is 6.42 Å². The van der Waals surface area contributed by atoms with E-state index in [4.69, 9.17) is 23.7 Å². The highest BCUT2D eigenvalue weighted by Crippen LogP contribution is 2.15. The van der Waals surface area contributed by atoms with Crippen LogP contribution in [0.15, 0.2) is 0 Å². The van der Waals surface area contributed by atoms with Gasteiger partial charge in [0.15, 0.2) is 4.77 Å². The first kappa shape index (κ1) is 8.99. The summed E-state index contributed by atoms with van der Waals surface area (Å²) in [6.07, 6.45) is 1.82. The highest BCUT2D eigenvalue weighted by atomic mass is 32.1. The van der Waals surface area contributed by atoms with Gasteiger partial charge in [0.2, 0.25) is 0 Å². The zero-order valence-corrected chi connectivity index (χ0v) is 7.74. The zero-order valence-electron chi connectivity index (χ0n) is 6.92. The Morgan fingerprint density at radius 2 is 2.17 bits per heavy atom. The first-order valence-corrected chi connectivity index (χ1v) is 4.20. The Balaban J connectivity index is 3.18. The summed E-state index contributed by atoms with van der Waals surface area (Å²) in [6, 6.07) is 0. The van der Waals surface area contributed by atoms with E-state index in [0.29, 0.717) is 16.4 Å². The molecule has 1 heterocycles. The Hall–Kier alpha value is -1.10. The average Bonchev–Trinajstić information content (AvgIpc) is 1.96. The predicted octanol–water partition coefficient (Wildman–Crippen LogP) is 1.26. The number of aromatic nitrogens is 2. The molecule has 0 atom stereocenters. The minimum absolute atomic E-state index is 0.338. The number of H-pyrrole nitrogens is 1. The summed E-state index contributed by atoms with van der Waals surface area (Å²) in [4.78, 5) is 6.68. The molecule has 0 unspecified atom stereocenters. The van der Waals surface area contributed by atoms with Crippen molar-refractivity contribution < 1.29 is 0 Å². The molecule has 12 heavy (non-hydrogen) atoms. The quantitative estimate of drug-likeness (QED) is 0.604. The van der Waals surface area contributed by atoms with Gasteiger partial charge in [-0.2, -0.15) is 0 Å². The summed E-state index contributed by atoms with van der Waals surface area (Å²) in [6.45, 7) is 2.06. The summed E-state index contributed by atoms with van der Waals surface area (Å²) >= 11 is 4.80. The molecule has 66 valence electrons. The van der Waals surface area contributed by atoms with Crippen molar-refractivity contribution in [3.8, 4) is 0 Å². The second-order valence-corrected chi connectivity index (χ2v) is 2.96. The number of rotatable bonds is 2. The van der Waals surface area contributed by atoms with E-state index in [9.17, 15) is 0 Å². The van der Waals surface area contributed by atoms with Gasteiger partial charge in [-0.1, -0.05) is 13.3 Å². The van der Waals surface area contributed by atoms with E-state index in [1.165, 1.54) is 0 Å². The highest BCUT2D eigenvalue weighted by Gasteiger charge is 2.03. The van der Waals surface area contributed by atoms with Gasteiger partial charge in [0.1, 0.15) is 11.6 Å². The van der Waals surface area contributed by atoms with Crippen molar-refractivity contribution in [1.29, 1.82) is 0 Å². The van der Waals surface area contributed by atoms with Gasteiger partial charge in [0, 0.05) is 5.56 Å². The molecule has 0 radical (unpaired) electrons. The van der Waals surface area contributed by atoms with Gasteiger partial charge in [0.25, 0.3) is 0 Å². The van der Waals surface area contributed by atoms with Crippen LogP contribution < -0.4 is 11.5 Å². The number of nitrogen functional groups attached to an aromatic ring is 2. The molecule has 0 amide bonds. The van der Waals surface area contributed by atoms with Crippen LogP contribution in [0.4, 0.5) is 11.6 Å². The number of hydrogen-bond donors (Lipinski definition) is 3. The lowest BCUT2D eigenvalue weighted by Gasteiger charge is -2.05. The molecule has 0 aliphatic heterocycles. The van der Waals surface area contributed by atoms with Crippen molar-refractivity contribution in [2.75, 3.05) is 11.5 Å². The monoisotopic (exact) mass is 184 g/mol. The molecule has 0 aromatic carbocycles. The van der Waals surface area contributed by atoms with Crippen molar-refractivity contribution in [2.24, 2.45) is 0 Å². The smallest absolute Gasteiger partial charge is 0.200 e. The van der Waals surface area contributed by atoms with Crippen LogP contribution in [-0.4, -0.2) is 9.97 Å². The molecule has 5 heteroatoms. The summed E-state index contributed by atoms with van der Waals surface area (Å²) in [7, 11) is 0. The molecule has 1 rings (SSSR count). The zero-order chi connectivity index (χ0) is 9.14. The maximum absolute atomic E-state index is 5.67. The molecular weight excluding hydrogens is 172 g/mol. The number of nitrogens with zero attached hydrogens (tertiary/aromatic N) is 1. The van der Waals surface area contributed by atoms with E-state index in [-0.39, 0.29) is 0 Å². The predicted molar refractivity (Wildman–Crippen MR) is 52.2 cm³/mol. The Morgan fingerprint density at radius 1 is 1.50 bits per heavy atom. The molecule has 0 aliphatic carbocycles. The van der Waals surface area contributed by atoms with Crippen molar-refractivity contribution in [3.05, 3.63) is 10.3 Å². The third-order valence-corrected chi connectivity index (χ3v) is 1.79. The van der Waals surface area contributed by atoms with Crippen LogP contribution in [0, 0.1) is 4.77 Å². The van der Waals surface area contributed by atoms with Gasteiger partial charge >= 0.3 is 0 Å². The first-order chi connectivity index (χ1) is 5.65. The minimum Gasteiger partial charge on any atom is -0.385 e. The lowest BCUT2D eigenvalue weighted by molar-refractivity contribution is 0.907. The van der Waals surface area contributed by atoms with Gasteiger partial charge in [-0.05, 0) is 18.6 Å². The number of hydrogen-bond acceptors (Lipinski definition) is 4. The molecule has 1 aromatic rings. The first-order valence-electron chi connectivity index (χ1n) is 3.79. The Kier molecular flexibility index (Phi) is 2.65. The van der Waals surface area contributed by atoms with E-state index in [0.717, 1.165) is 18.4 Å². The Morgan fingerprint density at radius 3 is 2.67 bits per heavy atom. The number of anilines is 2. The number of aromatic amines is 1. The van der Waals surface area contributed by atoms with Gasteiger partial charge < -0.3 is 16.5 Å². The van der Waals surface area contributed by atoms with Crippen LogP contribution in [0.5, 0.6) is 0 Å². The fourth-order valence-electron chi connectivity index (χ4n) is 1.05. The average molecular weight is 184 g/mol. The molecule has 4 nitrogen and oxygen atoms in total. The number of nitrogens with two attached hydrogens (primary N) is 2. The van der Waals surface area contributed by atoms with Crippen molar-refractivity contribution in [1.82, 2.24) is 9.97 Å². The molecule has 0 spiro atoms. The van der Waals surface area contributed by atoms with Crippen LogP contribution in [0.1, 0.15) is 18.9 Å². The fraction of sp³-hybridized carbons (Fsp3) is 0.429. The Bertz CT molecular complexity index is 304. The second kappa shape index (κ2) is 3.53. The molecule has 0 aliphatic rings. The van der Waals surface area contributed by atoms with Crippen LogP contribution in [0.25, 0.3) is 0 Å². The van der Waals surface area contributed by atoms with Gasteiger partial charge in [0.05, 0.1) is 0 Å². The van der Waals surface area contributed by atoms with Gasteiger partial charge in [-0.25, -0.2) is 4.98 Å². The van der Waals surface area contributed by atoms with E-state index < -0.39 is 0 Å². The van der Waals surface area contributed by atoms with Crippen molar-refractivity contribution >= 4 is 23.9 Å². The summed E-state index contributed by atoms with van der Waals surface area (Å²) < 4.78 is 0.338. The standard InChI is InChI=1S/C7H12N4S/c1-2-3-4-5(8)10-7(12)11-6(4)9/h2-3H2,1H3,(H5,8,9,10,11,12). The minimum atomic E-state index is 0.338. The molecule has 0 saturated carbocycles. The normalized spacial score (nSPS) is 10.1. The third-order valence-electron chi connectivity index (χ3n) is 1.60. The molecule has 0 fully saturated rings. The SMILES string of the molecule is CCCc1c(N)nc(=S)[nH]c1N. The molecular formula is C7H12N4S. The summed E-state index contributed by atoms with van der Waals surface area (Å²) in [5.74, 6) is 0.979. The number of nitrogens with one attached hydrogen (secondary N) is 1. The van der Waals surface area contributed by atoms with Crippen LogP contribution >= 0.6 is 12.2 Å². The highest BCUT2D eigenvalue weighted by molar-refractivity contribution is 7.71. The van der Waals surface area contributed by atoms with Gasteiger partial charge in [-0.3, -0.25) is 0 Å². The van der Waals surface area contributed by atoms with Crippen LogP contribution in [0.3, 0.4) is 0 Å². The van der Waals surface area contributed by atoms with E-state index in [1.807, 2.05) is 0 Å². The third kappa shape index (κ3) is 1.73. The van der Waals surface area contributed by atoms with E-state index >= 15 is 0 Å². The summed E-state index contributed by atoms with van der Waals surface area (Å²) in [5.41, 5.74) is 12.2. The van der Waals surface area contributed by atoms with Crippen LogP contribution in [0.2, 0.25) is 0 Å². The summed E-state index contributed by atoms with van der Waals surface area (Å²) in [5, 5.41) is 0. The molecule has 0 bridgehead atoms. The Labute approximate surface area is 76.0 Å². The topological polar surface area (TPSA) is 80.7 Å². The lowest BCUT2D eigenvalue weighted by Crippen LogP contribution is -2.05. The maximum Gasteiger partial charge on any atom is 0.200 e. The second-order valence-electron chi connectivity index (χ2n) is 2.57. The molecule has 0 saturated heterocycles. The van der Waals surface area contributed by atoms with E-state index in [1.54, 1.807) is 0 Å². The van der Waals surface area contributed by atoms with Crippen molar-refractivity contribution in [3.63, 3.8) is 0 Å². The largest absolute Gasteiger partial charge is 0.385 e. The molecule has 5 N–H and O–H groups in total. The van der Waals surface area contributed by atoms with E-state index in [2.05, 4.69) is 16.9 Å². The molecule has 1 aromatic heterocycles.